The summed E-state index contributed by atoms with van der Waals surface area (Å²) >= 11 is 13.4. The largest absolute Gasteiger partial charge is 0.419 e. The van der Waals surface area contributed by atoms with Crippen molar-refractivity contribution >= 4 is 40.7 Å². The molecule has 4 aromatic rings. The van der Waals surface area contributed by atoms with Crippen LogP contribution in [0.5, 0.6) is 0 Å². The Bertz CT molecular complexity index is 1260. The van der Waals surface area contributed by atoms with Crippen molar-refractivity contribution in [2.24, 2.45) is 0 Å². The maximum absolute atomic E-state index is 10.8. The molecule has 1 unspecified atom stereocenters. The SMILES string of the molecule is CC(Sc1nnc(-c2ccc(Cl)cc2Cl)n1N)c1nnc(-c2ccc([N+](=O)[O-])cc2)o1. The molecule has 0 radical (unpaired) electrons. The first-order chi connectivity index (χ1) is 14.8. The molecule has 4 rings (SSSR count). The van der Waals surface area contributed by atoms with Crippen LogP contribution in [-0.2, 0) is 0 Å². The lowest BCUT2D eigenvalue weighted by Gasteiger charge is -2.07. The molecule has 0 aliphatic carbocycles. The number of halogens is 2. The van der Waals surface area contributed by atoms with Crippen LogP contribution in [0.3, 0.4) is 0 Å². The quantitative estimate of drug-likeness (QED) is 0.180. The normalized spacial score (nSPS) is 12.1. The number of nitro benzene ring substituents is 1. The van der Waals surface area contributed by atoms with Gasteiger partial charge < -0.3 is 10.3 Å². The molecular formula is C18H13Cl2N7O3S. The lowest BCUT2D eigenvalue weighted by molar-refractivity contribution is -0.384. The molecule has 31 heavy (non-hydrogen) atoms. The standard InChI is InChI=1S/C18H13Cl2N7O3S/c1-9(16-23-24-17(30-16)10-2-5-12(6-3-10)27(28)29)31-18-25-22-15(26(18)21)13-7-4-11(19)8-14(13)20/h2-9H,21H2,1H3. The number of aromatic nitrogens is 5. The molecule has 2 aromatic carbocycles. The third-order valence-electron chi connectivity index (χ3n) is 4.23. The van der Waals surface area contributed by atoms with Crippen molar-refractivity contribution in [3.63, 3.8) is 0 Å². The minimum atomic E-state index is -0.476. The average Bonchev–Trinajstić information content (AvgIpc) is 3.36. The summed E-state index contributed by atoms with van der Waals surface area (Å²) in [7, 11) is 0. The zero-order chi connectivity index (χ0) is 22.1. The predicted molar refractivity (Wildman–Crippen MR) is 116 cm³/mol. The summed E-state index contributed by atoms with van der Waals surface area (Å²) in [5.74, 6) is 7.13. The van der Waals surface area contributed by atoms with E-state index in [4.69, 9.17) is 33.5 Å². The fourth-order valence-corrected chi connectivity index (χ4v) is 3.95. The molecule has 2 heterocycles. The van der Waals surface area contributed by atoms with Gasteiger partial charge in [-0.2, -0.15) is 0 Å². The van der Waals surface area contributed by atoms with Crippen LogP contribution in [0.4, 0.5) is 5.69 Å². The van der Waals surface area contributed by atoms with Crippen LogP contribution in [0.1, 0.15) is 18.1 Å². The molecule has 1 atom stereocenters. The van der Waals surface area contributed by atoms with Gasteiger partial charge in [-0.05, 0) is 37.3 Å². The second kappa shape index (κ2) is 8.53. The Balaban J connectivity index is 1.52. The van der Waals surface area contributed by atoms with Gasteiger partial charge in [0.25, 0.3) is 5.69 Å². The summed E-state index contributed by atoms with van der Waals surface area (Å²) in [4.78, 5) is 10.3. The average molecular weight is 478 g/mol. The van der Waals surface area contributed by atoms with Crippen molar-refractivity contribution in [2.75, 3.05) is 5.84 Å². The first-order valence-electron chi connectivity index (χ1n) is 8.74. The van der Waals surface area contributed by atoms with E-state index in [9.17, 15) is 10.1 Å². The topological polar surface area (TPSA) is 139 Å². The van der Waals surface area contributed by atoms with Gasteiger partial charge in [-0.3, -0.25) is 10.1 Å². The molecule has 13 heteroatoms. The molecule has 2 aromatic heterocycles. The van der Waals surface area contributed by atoms with E-state index in [1.165, 1.54) is 28.6 Å². The molecule has 0 aliphatic rings. The van der Waals surface area contributed by atoms with Crippen molar-refractivity contribution in [1.82, 2.24) is 25.1 Å². The number of rotatable bonds is 6. The van der Waals surface area contributed by atoms with Crippen LogP contribution in [-0.4, -0.2) is 30.0 Å². The third-order valence-corrected chi connectivity index (χ3v) is 5.82. The molecule has 2 N–H and O–H groups in total. The van der Waals surface area contributed by atoms with Gasteiger partial charge in [0.1, 0.15) is 0 Å². The Hall–Kier alpha value is -3.15. The van der Waals surface area contributed by atoms with Gasteiger partial charge in [0, 0.05) is 28.3 Å². The fraction of sp³-hybridized carbons (Fsp3) is 0.111. The number of non-ortho nitro benzene ring substituents is 1. The number of nitrogens with zero attached hydrogens (tertiary/aromatic N) is 6. The van der Waals surface area contributed by atoms with E-state index in [-0.39, 0.29) is 16.8 Å². The van der Waals surface area contributed by atoms with E-state index in [0.29, 0.717) is 38.0 Å². The summed E-state index contributed by atoms with van der Waals surface area (Å²) < 4.78 is 7.04. The van der Waals surface area contributed by atoms with Gasteiger partial charge in [0.05, 0.1) is 15.2 Å². The number of benzene rings is 2. The molecule has 10 nitrogen and oxygen atoms in total. The zero-order valence-electron chi connectivity index (χ0n) is 15.8. The lowest BCUT2D eigenvalue weighted by Crippen LogP contribution is -2.12. The first-order valence-corrected chi connectivity index (χ1v) is 10.4. The zero-order valence-corrected chi connectivity index (χ0v) is 18.1. The molecule has 158 valence electrons. The van der Waals surface area contributed by atoms with E-state index in [2.05, 4.69) is 20.4 Å². The van der Waals surface area contributed by atoms with Crippen LogP contribution >= 0.6 is 35.0 Å². The summed E-state index contributed by atoms with van der Waals surface area (Å²) in [6.07, 6.45) is 0. The van der Waals surface area contributed by atoms with Crippen molar-refractivity contribution < 1.29 is 9.34 Å². The van der Waals surface area contributed by atoms with Gasteiger partial charge in [-0.15, -0.1) is 20.4 Å². The molecule has 0 bridgehead atoms. The Kier molecular flexibility index (Phi) is 5.81. The number of thioether (sulfide) groups is 1. The number of hydrogen-bond acceptors (Lipinski definition) is 9. The Morgan fingerprint density at radius 2 is 1.87 bits per heavy atom. The number of nitrogens with two attached hydrogens (primary N) is 1. The summed E-state index contributed by atoms with van der Waals surface area (Å²) in [5.41, 5.74) is 1.15. The smallest absolute Gasteiger partial charge is 0.269 e. The minimum Gasteiger partial charge on any atom is -0.419 e. The van der Waals surface area contributed by atoms with Crippen LogP contribution < -0.4 is 5.84 Å². The van der Waals surface area contributed by atoms with Crippen LogP contribution in [0, 0.1) is 10.1 Å². The second-order valence-corrected chi connectivity index (χ2v) is 8.46. The fourth-order valence-electron chi connectivity index (χ4n) is 2.66. The van der Waals surface area contributed by atoms with Crippen molar-refractivity contribution in [3.05, 3.63) is 68.5 Å². The molecule has 0 saturated carbocycles. The maximum Gasteiger partial charge on any atom is 0.269 e. The highest BCUT2D eigenvalue weighted by Crippen LogP contribution is 2.36. The Morgan fingerprint density at radius 3 is 2.55 bits per heavy atom. The van der Waals surface area contributed by atoms with E-state index in [1.807, 2.05) is 6.92 Å². The Morgan fingerprint density at radius 1 is 1.13 bits per heavy atom. The second-order valence-electron chi connectivity index (χ2n) is 6.31. The minimum absolute atomic E-state index is 0.0220. The van der Waals surface area contributed by atoms with E-state index >= 15 is 0 Å². The van der Waals surface area contributed by atoms with Gasteiger partial charge >= 0.3 is 0 Å². The van der Waals surface area contributed by atoms with Crippen molar-refractivity contribution in [3.8, 4) is 22.8 Å². The molecule has 0 aliphatic heterocycles. The van der Waals surface area contributed by atoms with Crippen LogP contribution in [0.15, 0.2) is 52.0 Å². The third kappa shape index (κ3) is 4.33. The maximum atomic E-state index is 10.8. The van der Waals surface area contributed by atoms with E-state index < -0.39 is 4.92 Å². The molecular weight excluding hydrogens is 465 g/mol. The van der Waals surface area contributed by atoms with Crippen LogP contribution in [0.2, 0.25) is 10.0 Å². The first kappa shape index (κ1) is 21.1. The van der Waals surface area contributed by atoms with Crippen LogP contribution in [0.25, 0.3) is 22.8 Å². The Labute approximate surface area is 189 Å². The molecule has 0 spiro atoms. The van der Waals surface area contributed by atoms with Gasteiger partial charge in [0.15, 0.2) is 5.82 Å². The lowest BCUT2D eigenvalue weighted by atomic mass is 10.2. The highest BCUT2D eigenvalue weighted by molar-refractivity contribution is 7.99. The van der Waals surface area contributed by atoms with Gasteiger partial charge in [-0.25, -0.2) is 4.68 Å². The number of nitrogen functional groups attached to an aromatic ring is 1. The monoisotopic (exact) mass is 477 g/mol. The van der Waals surface area contributed by atoms with Crippen molar-refractivity contribution in [2.45, 2.75) is 17.3 Å². The van der Waals surface area contributed by atoms with Gasteiger partial charge in [-0.1, -0.05) is 35.0 Å². The number of nitro groups is 1. The summed E-state index contributed by atoms with van der Waals surface area (Å²) in [6, 6.07) is 10.8. The van der Waals surface area contributed by atoms with E-state index in [1.54, 1.807) is 30.3 Å². The highest BCUT2D eigenvalue weighted by atomic mass is 35.5. The molecule has 0 amide bonds. The van der Waals surface area contributed by atoms with E-state index in [0.717, 1.165) is 0 Å². The highest BCUT2D eigenvalue weighted by Gasteiger charge is 2.22. The van der Waals surface area contributed by atoms with Crippen molar-refractivity contribution in [1.29, 1.82) is 0 Å². The molecule has 0 fully saturated rings. The summed E-state index contributed by atoms with van der Waals surface area (Å²) in [5, 5.41) is 28.1. The summed E-state index contributed by atoms with van der Waals surface area (Å²) in [6.45, 7) is 1.85. The predicted octanol–water partition coefficient (Wildman–Crippen LogP) is 4.78. The number of hydrogen-bond donors (Lipinski definition) is 1. The molecule has 0 saturated heterocycles. The van der Waals surface area contributed by atoms with Gasteiger partial charge in [0.2, 0.25) is 16.9 Å².